The first-order valence-electron chi connectivity index (χ1n) is 7.24. The van der Waals surface area contributed by atoms with Crippen LogP contribution in [-0.2, 0) is 14.3 Å². The third kappa shape index (κ3) is 5.62. The standard InChI is InChI=1S/C15H29NO3/c1-7-10-11-16(8-2)13(17)12(15(4,5)6)14(18)19-9-3/h12H,7-11H2,1-6H3. The predicted molar refractivity (Wildman–Crippen MR) is 76.7 cm³/mol. The number of hydrogen-bond donors (Lipinski definition) is 0. The van der Waals surface area contributed by atoms with Gasteiger partial charge in [-0.2, -0.15) is 0 Å². The van der Waals surface area contributed by atoms with Gasteiger partial charge >= 0.3 is 5.97 Å². The summed E-state index contributed by atoms with van der Waals surface area (Å²) in [5.41, 5.74) is -0.428. The van der Waals surface area contributed by atoms with Gasteiger partial charge in [0.1, 0.15) is 5.92 Å². The molecule has 0 rings (SSSR count). The molecule has 0 aliphatic heterocycles. The number of amides is 1. The molecule has 1 amide bonds. The van der Waals surface area contributed by atoms with Crippen LogP contribution in [0.4, 0.5) is 0 Å². The molecule has 0 aliphatic carbocycles. The van der Waals surface area contributed by atoms with Crippen LogP contribution in [0.2, 0.25) is 0 Å². The Labute approximate surface area is 117 Å². The highest BCUT2D eigenvalue weighted by Gasteiger charge is 2.40. The molecule has 0 fully saturated rings. The summed E-state index contributed by atoms with van der Waals surface area (Å²) >= 11 is 0. The average molecular weight is 271 g/mol. The molecule has 1 unspecified atom stereocenters. The van der Waals surface area contributed by atoms with Crippen LogP contribution in [0, 0.1) is 11.3 Å². The fourth-order valence-corrected chi connectivity index (χ4v) is 2.01. The molecule has 0 aromatic carbocycles. The van der Waals surface area contributed by atoms with Crippen LogP contribution in [0.3, 0.4) is 0 Å². The van der Waals surface area contributed by atoms with Crippen molar-refractivity contribution in [3.05, 3.63) is 0 Å². The van der Waals surface area contributed by atoms with Gasteiger partial charge in [-0.25, -0.2) is 0 Å². The van der Waals surface area contributed by atoms with Crippen molar-refractivity contribution in [2.45, 2.75) is 54.4 Å². The van der Waals surface area contributed by atoms with Crippen molar-refractivity contribution in [2.75, 3.05) is 19.7 Å². The van der Waals surface area contributed by atoms with Crippen LogP contribution in [0.25, 0.3) is 0 Å². The van der Waals surface area contributed by atoms with Crippen molar-refractivity contribution in [2.24, 2.45) is 11.3 Å². The number of carbonyl (C=O) groups excluding carboxylic acids is 2. The van der Waals surface area contributed by atoms with Gasteiger partial charge in [0.25, 0.3) is 0 Å². The minimum Gasteiger partial charge on any atom is -0.465 e. The Morgan fingerprint density at radius 2 is 1.74 bits per heavy atom. The Morgan fingerprint density at radius 3 is 2.11 bits per heavy atom. The normalized spacial score (nSPS) is 12.9. The predicted octanol–water partition coefficient (Wildman–Crippen LogP) is 2.86. The summed E-state index contributed by atoms with van der Waals surface area (Å²) in [6, 6.07) is 0. The number of rotatable bonds is 7. The van der Waals surface area contributed by atoms with E-state index in [1.54, 1.807) is 11.8 Å². The first-order chi connectivity index (χ1) is 8.79. The van der Waals surface area contributed by atoms with Gasteiger partial charge in [0.05, 0.1) is 6.61 Å². The highest BCUT2D eigenvalue weighted by Crippen LogP contribution is 2.29. The zero-order chi connectivity index (χ0) is 15.1. The topological polar surface area (TPSA) is 46.6 Å². The molecule has 0 bridgehead atoms. The fourth-order valence-electron chi connectivity index (χ4n) is 2.01. The number of nitrogens with zero attached hydrogens (tertiary/aromatic N) is 1. The minimum atomic E-state index is -0.718. The smallest absolute Gasteiger partial charge is 0.319 e. The molecule has 4 heteroatoms. The molecule has 0 radical (unpaired) electrons. The summed E-state index contributed by atoms with van der Waals surface area (Å²) in [7, 11) is 0. The maximum Gasteiger partial charge on any atom is 0.319 e. The summed E-state index contributed by atoms with van der Waals surface area (Å²) in [4.78, 5) is 26.4. The second-order valence-corrected chi connectivity index (χ2v) is 5.82. The van der Waals surface area contributed by atoms with Gasteiger partial charge in [-0.1, -0.05) is 34.1 Å². The van der Waals surface area contributed by atoms with Crippen LogP contribution < -0.4 is 0 Å². The lowest BCUT2D eigenvalue weighted by Gasteiger charge is -2.32. The van der Waals surface area contributed by atoms with Crippen LogP contribution in [-0.4, -0.2) is 36.5 Å². The molecule has 4 nitrogen and oxygen atoms in total. The molecule has 0 aromatic heterocycles. The van der Waals surface area contributed by atoms with Gasteiger partial charge in [-0.15, -0.1) is 0 Å². The van der Waals surface area contributed by atoms with Crippen LogP contribution in [0.5, 0.6) is 0 Å². The van der Waals surface area contributed by atoms with Gasteiger partial charge in [-0.3, -0.25) is 9.59 Å². The van der Waals surface area contributed by atoms with E-state index in [9.17, 15) is 9.59 Å². The van der Waals surface area contributed by atoms with Gasteiger partial charge < -0.3 is 9.64 Å². The van der Waals surface area contributed by atoms with E-state index >= 15 is 0 Å². The average Bonchev–Trinajstić information content (AvgIpc) is 2.28. The number of hydrogen-bond acceptors (Lipinski definition) is 3. The lowest BCUT2D eigenvalue weighted by molar-refractivity contribution is -0.160. The Kier molecular flexibility index (Phi) is 7.72. The molecule has 0 spiro atoms. The van der Waals surface area contributed by atoms with Crippen molar-refractivity contribution < 1.29 is 14.3 Å². The number of unbranched alkanes of at least 4 members (excludes halogenated alkanes) is 1. The van der Waals surface area contributed by atoms with Crippen LogP contribution >= 0.6 is 0 Å². The molecular weight excluding hydrogens is 242 g/mol. The van der Waals surface area contributed by atoms with Crippen molar-refractivity contribution >= 4 is 11.9 Å². The highest BCUT2D eigenvalue weighted by molar-refractivity contribution is 5.98. The minimum absolute atomic E-state index is 0.109. The van der Waals surface area contributed by atoms with Gasteiger partial charge in [0.15, 0.2) is 0 Å². The molecule has 0 aliphatic rings. The lowest BCUT2D eigenvalue weighted by atomic mass is 9.79. The van der Waals surface area contributed by atoms with Crippen molar-refractivity contribution in [1.29, 1.82) is 0 Å². The van der Waals surface area contributed by atoms with E-state index in [1.807, 2.05) is 27.7 Å². The molecule has 1 atom stereocenters. The highest BCUT2D eigenvalue weighted by atomic mass is 16.5. The molecule has 0 saturated heterocycles. The molecule has 0 N–H and O–H groups in total. The molecule has 0 aromatic rings. The van der Waals surface area contributed by atoms with E-state index in [0.717, 1.165) is 12.8 Å². The molecule has 112 valence electrons. The van der Waals surface area contributed by atoms with E-state index in [1.165, 1.54) is 0 Å². The summed E-state index contributed by atoms with van der Waals surface area (Å²) in [5, 5.41) is 0. The summed E-state index contributed by atoms with van der Waals surface area (Å²) < 4.78 is 5.06. The molecule has 0 heterocycles. The Morgan fingerprint density at radius 1 is 1.16 bits per heavy atom. The summed E-state index contributed by atoms with van der Waals surface area (Å²) in [5.74, 6) is -1.24. The quantitative estimate of drug-likeness (QED) is 0.528. The van der Waals surface area contributed by atoms with Gasteiger partial charge in [-0.05, 0) is 25.7 Å². The maximum atomic E-state index is 12.6. The fraction of sp³-hybridized carbons (Fsp3) is 0.867. The van der Waals surface area contributed by atoms with Gasteiger partial charge in [0, 0.05) is 13.1 Å². The Hall–Kier alpha value is -1.06. The van der Waals surface area contributed by atoms with E-state index in [0.29, 0.717) is 19.7 Å². The maximum absolute atomic E-state index is 12.6. The van der Waals surface area contributed by atoms with Crippen molar-refractivity contribution in [1.82, 2.24) is 4.90 Å². The van der Waals surface area contributed by atoms with E-state index in [-0.39, 0.29) is 5.91 Å². The number of esters is 1. The SMILES string of the molecule is CCCCN(CC)C(=O)C(C(=O)OCC)C(C)(C)C. The number of carbonyl (C=O) groups is 2. The third-order valence-electron chi connectivity index (χ3n) is 3.11. The first-order valence-corrected chi connectivity index (χ1v) is 7.24. The summed E-state index contributed by atoms with van der Waals surface area (Å²) in [6.07, 6.45) is 1.99. The van der Waals surface area contributed by atoms with Gasteiger partial charge in [0.2, 0.25) is 5.91 Å². The zero-order valence-electron chi connectivity index (χ0n) is 13.3. The van der Waals surface area contributed by atoms with Crippen LogP contribution in [0.15, 0.2) is 0 Å². The van der Waals surface area contributed by atoms with Crippen molar-refractivity contribution in [3.63, 3.8) is 0 Å². The molecule has 0 saturated carbocycles. The lowest BCUT2D eigenvalue weighted by Crippen LogP contribution is -2.46. The Bertz CT molecular complexity index is 294. The third-order valence-corrected chi connectivity index (χ3v) is 3.11. The number of ether oxygens (including phenoxy) is 1. The van der Waals surface area contributed by atoms with E-state index in [4.69, 9.17) is 4.74 Å². The second-order valence-electron chi connectivity index (χ2n) is 5.82. The van der Waals surface area contributed by atoms with E-state index < -0.39 is 17.3 Å². The monoisotopic (exact) mass is 271 g/mol. The second kappa shape index (κ2) is 8.18. The summed E-state index contributed by atoms with van der Waals surface area (Å²) in [6.45, 7) is 13.1. The van der Waals surface area contributed by atoms with Crippen molar-refractivity contribution in [3.8, 4) is 0 Å². The van der Waals surface area contributed by atoms with Crippen LogP contribution in [0.1, 0.15) is 54.4 Å². The first kappa shape index (κ1) is 17.9. The van der Waals surface area contributed by atoms with E-state index in [2.05, 4.69) is 6.92 Å². The Balaban J connectivity index is 5.03. The zero-order valence-corrected chi connectivity index (χ0v) is 13.3. The largest absolute Gasteiger partial charge is 0.465 e. The molecule has 19 heavy (non-hydrogen) atoms. The molecular formula is C15H29NO3.